The number of nitrogens with zero attached hydrogens (tertiary/aromatic N) is 3. The van der Waals surface area contributed by atoms with Crippen LogP contribution in [0.2, 0.25) is 0 Å². The van der Waals surface area contributed by atoms with Crippen LogP contribution in [0.15, 0.2) is 12.3 Å². The van der Waals surface area contributed by atoms with Gasteiger partial charge in [-0.15, -0.1) is 0 Å². The molecule has 1 aliphatic heterocycles. The number of aromatic nitrogens is 1. The molecule has 0 saturated carbocycles. The summed E-state index contributed by atoms with van der Waals surface area (Å²) >= 11 is 0. The number of anilines is 1. The third-order valence-corrected chi connectivity index (χ3v) is 3.30. The van der Waals surface area contributed by atoms with Gasteiger partial charge in [-0.25, -0.2) is 9.37 Å². The highest BCUT2D eigenvalue weighted by atomic mass is 19.1. The number of aliphatic hydroxyl groups is 1. The minimum Gasteiger partial charge on any atom is -0.392 e. The molecule has 1 unspecified atom stereocenters. The molecule has 2 rings (SSSR count). The zero-order chi connectivity index (χ0) is 13.1. The second-order valence-corrected chi connectivity index (χ2v) is 5.05. The lowest BCUT2D eigenvalue weighted by Crippen LogP contribution is -2.38. The Morgan fingerprint density at radius 2 is 2.33 bits per heavy atom. The van der Waals surface area contributed by atoms with Gasteiger partial charge in [0.2, 0.25) is 0 Å². The number of rotatable bonds is 4. The molecule has 18 heavy (non-hydrogen) atoms. The summed E-state index contributed by atoms with van der Waals surface area (Å²) in [6, 6.07) is 1.76. The van der Waals surface area contributed by atoms with Crippen LogP contribution in [-0.4, -0.2) is 48.2 Å². The molecule has 1 atom stereocenters. The molecule has 1 aliphatic rings. The average molecular weight is 253 g/mol. The van der Waals surface area contributed by atoms with E-state index in [2.05, 4.69) is 14.8 Å². The first-order valence-corrected chi connectivity index (χ1v) is 6.28. The van der Waals surface area contributed by atoms with E-state index >= 15 is 0 Å². The van der Waals surface area contributed by atoms with Crippen molar-refractivity contribution >= 4 is 5.82 Å². The van der Waals surface area contributed by atoms with Crippen LogP contribution in [0.25, 0.3) is 0 Å². The number of likely N-dealkylation sites (N-methyl/N-ethyl adjacent to an activating group) is 1. The van der Waals surface area contributed by atoms with Crippen molar-refractivity contribution in [3.63, 3.8) is 0 Å². The van der Waals surface area contributed by atoms with Crippen molar-refractivity contribution in [3.8, 4) is 0 Å². The van der Waals surface area contributed by atoms with Crippen LogP contribution >= 0.6 is 0 Å². The molecule has 1 fully saturated rings. The first kappa shape index (κ1) is 13.2. The number of hydrogen-bond acceptors (Lipinski definition) is 4. The molecule has 0 radical (unpaired) electrons. The highest BCUT2D eigenvalue weighted by Crippen LogP contribution is 2.27. The van der Waals surface area contributed by atoms with Gasteiger partial charge in [0.15, 0.2) is 0 Å². The van der Waals surface area contributed by atoms with E-state index in [4.69, 9.17) is 0 Å². The Labute approximate surface area is 107 Å². The summed E-state index contributed by atoms with van der Waals surface area (Å²) in [7, 11) is 4.09. The molecule has 1 N–H and O–H groups in total. The van der Waals surface area contributed by atoms with E-state index in [1.165, 1.54) is 12.3 Å². The lowest BCUT2D eigenvalue weighted by molar-refractivity contribution is 0.280. The van der Waals surface area contributed by atoms with Crippen molar-refractivity contribution in [3.05, 3.63) is 23.6 Å². The number of halogens is 1. The first-order valence-electron chi connectivity index (χ1n) is 6.28. The van der Waals surface area contributed by atoms with Crippen LogP contribution in [0.3, 0.4) is 0 Å². The second-order valence-electron chi connectivity index (χ2n) is 5.05. The predicted molar refractivity (Wildman–Crippen MR) is 69.0 cm³/mol. The average Bonchev–Trinajstić information content (AvgIpc) is 2.76. The normalized spacial score (nSPS) is 19.8. The maximum Gasteiger partial charge on any atom is 0.142 e. The summed E-state index contributed by atoms with van der Waals surface area (Å²) < 4.78 is 13.1. The Bertz CT molecular complexity index is 411. The van der Waals surface area contributed by atoms with Gasteiger partial charge in [0.25, 0.3) is 0 Å². The van der Waals surface area contributed by atoms with E-state index < -0.39 is 5.82 Å². The predicted octanol–water partition coefficient (Wildman–Crippen LogP) is 1.24. The SMILES string of the molecule is CN(C)CC1CCCN1c1ncc(F)cc1CO. The summed E-state index contributed by atoms with van der Waals surface area (Å²) in [6.45, 7) is 1.69. The first-order chi connectivity index (χ1) is 8.61. The van der Waals surface area contributed by atoms with E-state index in [1.807, 2.05) is 14.1 Å². The van der Waals surface area contributed by atoms with Crippen molar-refractivity contribution < 1.29 is 9.50 Å². The molecular weight excluding hydrogens is 233 g/mol. The molecule has 1 saturated heterocycles. The van der Waals surface area contributed by atoms with Crippen LogP contribution in [0.1, 0.15) is 18.4 Å². The fraction of sp³-hybridized carbons (Fsp3) is 0.615. The topological polar surface area (TPSA) is 39.6 Å². The van der Waals surface area contributed by atoms with Gasteiger partial charge in [-0.05, 0) is 33.0 Å². The fourth-order valence-electron chi connectivity index (χ4n) is 2.57. The minimum atomic E-state index is -0.397. The van der Waals surface area contributed by atoms with E-state index in [-0.39, 0.29) is 6.61 Å². The van der Waals surface area contributed by atoms with Gasteiger partial charge in [-0.3, -0.25) is 0 Å². The molecule has 0 amide bonds. The van der Waals surface area contributed by atoms with Gasteiger partial charge < -0.3 is 14.9 Å². The van der Waals surface area contributed by atoms with E-state index in [9.17, 15) is 9.50 Å². The van der Waals surface area contributed by atoms with Crippen LogP contribution in [-0.2, 0) is 6.61 Å². The molecule has 0 bridgehead atoms. The van der Waals surface area contributed by atoms with Gasteiger partial charge in [0.05, 0.1) is 12.8 Å². The van der Waals surface area contributed by atoms with Crippen molar-refractivity contribution in [2.24, 2.45) is 0 Å². The molecule has 4 nitrogen and oxygen atoms in total. The quantitative estimate of drug-likeness (QED) is 0.876. The second kappa shape index (κ2) is 5.63. The summed E-state index contributed by atoms with van der Waals surface area (Å²) in [6.07, 6.45) is 3.45. The third kappa shape index (κ3) is 2.79. The summed E-state index contributed by atoms with van der Waals surface area (Å²) in [5.41, 5.74) is 0.570. The molecule has 100 valence electrons. The highest BCUT2D eigenvalue weighted by molar-refractivity contribution is 5.48. The molecule has 1 aromatic rings. The van der Waals surface area contributed by atoms with Crippen LogP contribution in [0, 0.1) is 5.82 Å². The fourth-order valence-corrected chi connectivity index (χ4v) is 2.57. The van der Waals surface area contributed by atoms with Crippen LogP contribution in [0.5, 0.6) is 0 Å². The molecule has 0 spiro atoms. The standard InChI is InChI=1S/C13H20FN3O/c1-16(2)8-12-4-3-5-17(12)13-10(9-18)6-11(14)7-15-13/h6-7,12,18H,3-5,8-9H2,1-2H3. The van der Waals surface area contributed by atoms with Gasteiger partial charge >= 0.3 is 0 Å². The lowest BCUT2D eigenvalue weighted by Gasteiger charge is -2.29. The third-order valence-electron chi connectivity index (χ3n) is 3.30. The van der Waals surface area contributed by atoms with Gasteiger partial charge in [-0.1, -0.05) is 0 Å². The van der Waals surface area contributed by atoms with Gasteiger partial charge in [0, 0.05) is 24.7 Å². The maximum atomic E-state index is 13.1. The Kier molecular flexibility index (Phi) is 4.14. The zero-order valence-corrected chi connectivity index (χ0v) is 10.9. The molecule has 5 heteroatoms. The van der Waals surface area contributed by atoms with Gasteiger partial charge in [-0.2, -0.15) is 0 Å². The molecule has 0 aromatic carbocycles. The number of hydrogen-bond donors (Lipinski definition) is 1. The van der Waals surface area contributed by atoms with Crippen molar-refractivity contribution in [2.75, 3.05) is 32.1 Å². The largest absolute Gasteiger partial charge is 0.392 e. The van der Waals surface area contributed by atoms with Gasteiger partial charge in [0.1, 0.15) is 11.6 Å². The van der Waals surface area contributed by atoms with Crippen molar-refractivity contribution in [1.82, 2.24) is 9.88 Å². The maximum absolute atomic E-state index is 13.1. The monoisotopic (exact) mass is 253 g/mol. The molecule has 2 heterocycles. The zero-order valence-electron chi connectivity index (χ0n) is 10.9. The van der Waals surface area contributed by atoms with E-state index in [0.717, 1.165) is 31.7 Å². The Balaban J connectivity index is 2.24. The Morgan fingerprint density at radius 1 is 1.56 bits per heavy atom. The highest BCUT2D eigenvalue weighted by Gasteiger charge is 2.27. The summed E-state index contributed by atoms with van der Waals surface area (Å²) in [5, 5.41) is 9.33. The smallest absolute Gasteiger partial charge is 0.142 e. The molecule has 0 aliphatic carbocycles. The molecular formula is C13H20FN3O. The number of aliphatic hydroxyl groups excluding tert-OH is 1. The van der Waals surface area contributed by atoms with Crippen LogP contribution in [0.4, 0.5) is 10.2 Å². The summed E-state index contributed by atoms with van der Waals surface area (Å²) in [5.74, 6) is 0.328. The summed E-state index contributed by atoms with van der Waals surface area (Å²) in [4.78, 5) is 8.49. The Hall–Kier alpha value is -1.20. The van der Waals surface area contributed by atoms with Crippen LogP contribution < -0.4 is 4.90 Å². The Morgan fingerprint density at radius 3 is 3.00 bits per heavy atom. The number of pyridine rings is 1. The lowest BCUT2D eigenvalue weighted by atomic mass is 10.2. The van der Waals surface area contributed by atoms with Crippen molar-refractivity contribution in [1.29, 1.82) is 0 Å². The molecule has 1 aromatic heterocycles. The minimum absolute atomic E-state index is 0.175. The van der Waals surface area contributed by atoms with E-state index in [1.54, 1.807) is 0 Å². The van der Waals surface area contributed by atoms with E-state index in [0.29, 0.717) is 11.6 Å². The van der Waals surface area contributed by atoms with Crippen molar-refractivity contribution in [2.45, 2.75) is 25.5 Å².